The van der Waals surface area contributed by atoms with E-state index in [9.17, 15) is 22.8 Å². The van der Waals surface area contributed by atoms with Crippen LogP contribution in [0.2, 0.25) is 0 Å². The Balaban J connectivity index is 0.000000532. The van der Waals surface area contributed by atoms with Crippen molar-refractivity contribution in [1.29, 1.82) is 0 Å². The van der Waals surface area contributed by atoms with Gasteiger partial charge in [-0.3, -0.25) is 19.8 Å². The largest absolute Gasteiger partial charge is 0.493 e. The summed E-state index contributed by atoms with van der Waals surface area (Å²) in [6, 6.07) is 17.4. The van der Waals surface area contributed by atoms with Crippen molar-refractivity contribution in [3.63, 3.8) is 0 Å². The maximum atomic E-state index is 12.7. The van der Waals surface area contributed by atoms with Crippen LogP contribution in [0.4, 0.5) is 18.9 Å². The van der Waals surface area contributed by atoms with Crippen molar-refractivity contribution in [1.82, 2.24) is 10.5 Å². The van der Waals surface area contributed by atoms with E-state index in [0.29, 0.717) is 25.1 Å². The molecule has 2 atom stereocenters. The number of carboxylic acid groups (broad SMARTS) is 1. The highest BCUT2D eigenvalue weighted by Gasteiger charge is 2.38. The third kappa shape index (κ3) is 8.67. The lowest BCUT2D eigenvalue weighted by atomic mass is 9.78. The third-order valence-corrected chi connectivity index (χ3v) is 6.25. The number of aliphatic carboxylic acids is 1. The number of alkyl halides is 3. The van der Waals surface area contributed by atoms with Crippen LogP contribution in [0.15, 0.2) is 60.8 Å². The van der Waals surface area contributed by atoms with Gasteiger partial charge in [-0.05, 0) is 54.8 Å². The number of pyridine rings is 1. The molecule has 39 heavy (non-hydrogen) atoms. The van der Waals surface area contributed by atoms with Crippen LogP contribution in [-0.4, -0.2) is 45.9 Å². The maximum Gasteiger partial charge on any atom is 0.490 e. The van der Waals surface area contributed by atoms with Crippen molar-refractivity contribution in [2.45, 2.75) is 38.3 Å². The lowest BCUT2D eigenvalue weighted by Crippen LogP contribution is -2.40. The number of nitrogens with one attached hydrogen (secondary N) is 2. The molecule has 1 heterocycles. The van der Waals surface area contributed by atoms with Crippen molar-refractivity contribution < 1.29 is 42.6 Å². The Kier molecular flexibility index (Phi) is 10.2. The number of hydrogen-bond acceptors (Lipinski definition) is 6. The van der Waals surface area contributed by atoms with Gasteiger partial charge in [-0.25, -0.2) is 10.3 Å². The van der Waals surface area contributed by atoms with Gasteiger partial charge in [0.1, 0.15) is 5.75 Å². The van der Waals surface area contributed by atoms with Crippen LogP contribution in [0.1, 0.15) is 31.2 Å². The Labute approximate surface area is 222 Å². The third-order valence-electron chi connectivity index (χ3n) is 6.25. The van der Waals surface area contributed by atoms with Gasteiger partial charge in [0.15, 0.2) is 0 Å². The molecule has 0 unspecified atom stereocenters. The zero-order chi connectivity index (χ0) is 28.4. The first-order chi connectivity index (χ1) is 18.6. The van der Waals surface area contributed by atoms with Crippen LogP contribution in [0.3, 0.4) is 0 Å². The summed E-state index contributed by atoms with van der Waals surface area (Å²) in [7, 11) is 0. The summed E-state index contributed by atoms with van der Waals surface area (Å²) in [5.74, 6) is -3.53. The van der Waals surface area contributed by atoms with Gasteiger partial charge in [0, 0.05) is 29.6 Å². The topological polar surface area (TPSA) is 138 Å². The van der Waals surface area contributed by atoms with E-state index < -0.39 is 29.9 Å². The van der Waals surface area contributed by atoms with E-state index in [2.05, 4.69) is 10.3 Å². The fraction of sp³-hybridized carbons (Fsp3) is 0.333. The Morgan fingerprint density at radius 1 is 0.974 bits per heavy atom. The molecule has 1 aromatic heterocycles. The number of anilines is 1. The number of hydroxylamine groups is 1. The van der Waals surface area contributed by atoms with Crippen molar-refractivity contribution in [2.75, 3.05) is 11.9 Å². The molecule has 0 radical (unpaired) electrons. The minimum atomic E-state index is -5.08. The summed E-state index contributed by atoms with van der Waals surface area (Å²) in [5, 5.41) is 20.0. The van der Waals surface area contributed by atoms with Crippen LogP contribution in [0.25, 0.3) is 10.9 Å². The molecule has 208 valence electrons. The average molecular weight is 548 g/mol. The van der Waals surface area contributed by atoms with Crippen LogP contribution in [0, 0.1) is 11.8 Å². The Hall–Kier alpha value is -4.19. The second kappa shape index (κ2) is 13.6. The molecule has 0 spiro atoms. The van der Waals surface area contributed by atoms with Gasteiger partial charge in [-0.1, -0.05) is 31.0 Å². The van der Waals surface area contributed by atoms with E-state index in [1.54, 1.807) is 11.7 Å². The number of hydrogen-bond donors (Lipinski definition) is 4. The lowest BCUT2D eigenvalue weighted by molar-refractivity contribution is -0.192. The minimum absolute atomic E-state index is 0.180. The van der Waals surface area contributed by atoms with E-state index in [-0.39, 0.29) is 5.91 Å². The number of aromatic nitrogens is 1. The van der Waals surface area contributed by atoms with E-state index >= 15 is 0 Å². The molecule has 1 fully saturated rings. The zero-order valence-electron chi connectivity index (χ0n) is 20.8. The Morgan fingerprint density at radius 3 is 2.23 bits per heavy atom. The molecule has 3 aromatic rings. The summed E-state index contributed by atoms with van der Waals surface area (Å²) < 4.78 is 37.6. The van der Waals surface area contributed by atoms with Gasteiger partial charge in [0.05, 0.1) is 18.0 Å². The number of carbonyl (C=O) groups excluding carboxylic acids is 2. The number of amides is 2. The lowest BCUT2D eigenvalue weighted by Gasteiger charge is -2.28. The number of carbonyl (C=O) groups is 3. The van der Waals surface area contributed by atoms with Gasteiger partial charge >= 0.3 is 12.1 Å². The molecule has 0 bridgehead atoms. The van der Waals surface area contributed by atoms with Gasteiger partial charge < -0.3 is 15.2 Å². The number of nitrogens with zero attached hydrogens (tertiary/aromatic N) is 1. The Morgan fingerprint density at radius 2 is 1.62 bits per heavy atom. The summed E-state index contributed by atoms with van der Waals surface area (Å²) in [6.45, 7) is 0.539. The zero-order valence-corrected chi connectivity index (χ0v) is 20.8. The number of ether oxygens (including phenoxy) is 1. The quantitative estimate of drug-likeness (QED) is 0.248. The molecule has 2 amide bonds. The van der Waals surface area contributed by atoms with E-state index in [0.717, 1.165) is 41.5 Å². The molecule has 4 N–H and O–H groups in total. The van der Waals surface area contributed by atoms with Gasteiger partial charge in [-0.15, -0.1) is 0 Å². The molecule has 0 aliphatic heterocycles. The molecular formula is C27H28F3N3O6. The van der Waals surface area contributed by atoms with Crippen LogP contribution in [0.5, 0.6) is 5.75 Å². The molecule has 12 heteroatoms. The highest BCUT2D eigenvalue weighted by atomic mass is 19.4. The molecule has 1 saturated carbocycles. The molecule has 1 aliphatic carbocycles. The maximum absolute atomic E-state index is 12.7. The van der Waals surface area contributed by atoms with Gasteiger partial charge in [0.25, 0.3) is 0 Å². The predicted octanol–water partition coefficient (Wildman–Crippen LogP) is 4.74. The normalized spacial score (nSPS) is 16.9. The SMILES string of the molecule is O=C(NO)[C@@H]1CCCC[C@H]1C(=O)Nc1ccc(CCOc2ccc3ncccc3c2)cc1.O=C(O)C(F)(F)F. The molecule has 2 aromatic carbocycles. The first kappa shape index (κ1) is 29.4. The monoisotopic (exact) mass is 547 g/mol. The number of fused-ring (bicyclic) bond motifs is 1. The van der Waals surface area contributed by atoms with Crippen molar-refractivity contribution in [3.8, 4) is 5.75 Å². The Bertz CT molecular complexity index is 1280. The number of rotatable bonds is 7. The van der Waals surface area contributed by atoms with Crippen LogP contribution in [-0.2, 0) is 20.8 Å². The highest BCUT2D eigenvalue weighted by molar-refractivity contribution is 5.96. The standard InChI is InChI=1S/C25H27N3O4.C2HF3O2/c29-24(21-5-1-2-6-22(21)25(30)28-31)27-19-9-7-17(8-10-19)13-15-32-20-11-12-23-18(16-20)4-3-14-26-23;3-2(4,5)1(6)7/h3-4,7-12,14,16,21-22,31H,1-2,5-6,13,15H2,(H,27,29)(H,28,30);(H,6,7)/t21-,22-;/m1./s1. The van der Waals surface area contributed by atoms with Gasteiger partial charge in [-0.2, -0.15) is 13.2 Å². The molecular weight excluding hydrogens is 519 g/mol. The predicted molar refractivity (Wildman–Crippen MR) is 135 cm³/mol. The average Bonchev–Trinajstić information content (AvgIpc) is 2.93. The second-order valence-corrected chi connectivity index (χ2v) is 8.92. The summed E-state index contributed by atoms with van der Waals surface area (Å²) in [4.78, 5) is 37.8. The molecule has 0 saturated heterocycles. The summed E-state index contributed by atoms with van der Waals surface area (Å²) in [6.07, 6.45) is 0.463. The number of carboxylic acids is 1. The van der Waals surface area contributed by atoms with Gasteiger partial charge in [0.2, 0.25) is 11.8 Å². The fourth-order valence-electron chi connectivity index (χ4n) is 4.26. The first-order valence-electron chi connectivity index (χ1n) is 12.2. The van der Waals surface area contributed by atoms with Crippen molar-refractivity contribution in [3.05, 3.63) is 66.4 Å². The molecule has 9 nitrogen and oxygen atoms in total. The van der Waals surface area contributed by atoms with E-state index in [1.165, 1.54) is 0 Å². The molecule has 4 rings (SSSR count). The molecule has 1 aliphatic rings. The summed E-state index contributed by atoms with van der Waals surface area (Å²) in [5.41, 5.74) is 4.42. The van der Waals surface area contributed by atoms with Crippen LogP contribution >= 0.6 is 0 Å². The first-order valence-corrected chi connectivity index (χ1v) is 12.2. The van der Waals surface area contributed by atoms with Crippen molar-refractivity contribution in [2.24, 2.45) is 11.8 Å². The van der Waals surface area contributed by atoms with E-state index in [4.69, 9.17) is 19.8 Å². The van der Waals surface area contributed by atoms with Crippen LogP contribution < -0.4 is 15.5 Å². The number of benzene rings is 2. The second-order valence-electron chi connectivity index (χ2n) is 8.92. The summed E-state index contributed by atoms with van der Waals surface area (Å²) >= 11 is 0. The highest BCUT2D eigenvalue weighted by Crippen LogP contribution is 2.31. The van der Waals surface area contributed by atoms with Crippen molar-refractivity contribution >= 4 is 34.4 Å². The fourth-order valence-corrected chi connectivity index (χ4v) is 4.26. The number of halogens is 3. The smallest absolute Gasteiger partial charge is 0.490 e. The van der Waals surface area contributed by atoms with E-state index in [1.807, 2.05) is 54.6 Å². The minimum Gasteiger partial charge on any atom is -0.493 e.